The molecule has 0 saturated carbocycles. The fraction of sp³-hybridized carbons (Fsp3) is 0.273. The molecule has 1 aliphatic heterocycles. The average molecular weight is 273 g/mol. The molecule has 0 aromatic heterocycles. The molecule has 1 unspecified atom stereocenters. The Morgan fingerprint density at radius 3 is 2.71 bits per heavy atom. The summed E-state index contributed by atoms with van der Waals surface area (Å²) in [4.78, 5) is 24.7. The Morgan fingerprint density at radius 2 is 2.06 bits per heavy atom. The maximum absolute atomic E-state index is 11.9. The van der Waals surface area contributed by atoms with Gasteiger partial charge in [-0.05, 0) is 25.1 Å². The second-order valence-electron chi connectivity index (χ2n) is 3.81. The number of hydrogen-bond donors (Lipinski definition) is 1. The minimum Gasteiger partial charge on any atom is -0.343 e. The summed E-state index contributed by atoms with van der Waals surface area (Å²) in [5, 5.41) is 3.40. The number of hydrogen-bond acceptors (Lipinski definition) is 2. The Hall–Kier alpha value is -1.26. The zero-order chi connectivity index (χ0) is 12.6. The van der Waals surface area contributed by atoms with Gasteiger partial charge in [-0.1, -0.05) is 23.2 Å². The van der Waals surface area contributed by atoms with Crippen molar-refractivity contribution in [1.82, 2.24) is 5.32 Å². The highest BCUT2D eigenvalue weighted by Gasteiger charge is 2.31. The number of carbonyl (C=O) groups is 2. The molecule has 1 N–H and O–H groups in total. The number of anilines is 1. The molecule has 1 aromatic carbocycles. The van der Waals surface area contributed by atoms with Crippen molar-refractivity contribution in [2.45, 2.75) is 13.0 Å². The highest BCUT2D eigenvalue weighted by molar-refractivity contribution is 6.37. The molecule has 90 valence electrons. The maximum Gasteiger partial charge on any atom is 0.249 e. The lowest BCUT2D eigenvalue weighted by molar-refractivity contribution is -0.130. The number of nitrogens with one attached hydrogen (secondary N) is 1. The number of amides is 2. The van der Waals surface area contributed by atoms with Gasteiger partial charge >= 0.3 is 0 Å². The monoisotopic (exact) mass is 272 g/mol. The molecule has 0 spiro atoms. The molecule has 1 saturated heterocycles. The van der Waals surface area contributed by atoms with E-state index in [4.69, 9.17) is 23.2 Å². The zero-order valence-electron chi connectivity index (χ0n) is 9.04. The molecule has 4 nitrogen and oxygen atoms in total. The largest absolute Gasteiger partial charge is 0.343 e. The number of nitrogens with zero attached hydrogens (tertiary/aromatic N) is 1. The zero-order valence-corrected chi connectivity index (χ0v) is 10.5. The molecule has 0 aliphatic carbocycles. The average Bonchev–Trinajstić information content (AvgIpc) is 2.24. The van der Waals surface area contributed by atoms with E-state index in [1.165, 1.54) is 4.90 Å². The molecule has 2 rings (SSSR count). The van der Waals surface area contributed by atoms with Crippen molar-refractivity contribution in [3.05, 3.63) is 28.2 Å². The van der Waals surface area contributed by atoms with Gasteiger partial charge in [-0.2, -0.15) is 0 Å². The Labute approximate surface area is 108 Å². The molecule has 6 heteroatoms. The first-order chi connectivity index (χ1) is 7.99. The van der Waals surface area contributed by atoms with Crippen LogP contribution in [0.15, 0.2) is 18.2 Å². The predicted molar refractivity (Wildman–Crippen MR) is 66.4 cm³/mol. The molecule has 2 amide bonds. The molecular formula is C11H10Cl2N2O2. The van der Waals surface area contributed by atoms with Crippen molar-refractivity contribution in [2.24, 2.45) is 0 Å². The first kappa shape index (κ1) is 12.2. The van der Waals surface area contributed by atoms with Crippen LogP contribution in [0.2, 0.25) is 10.0 Å². The van der Waals surface area contributed by atoms with Crippen LogP contribution in [-0.2, 0) is 9.59 Å². The van der Waals surface area contributed by atoms with Gasteiger partial charge in [-0.3, -0.25) is 14.5 Å². The maximum atomic E-state index is 11.9. The summed E-state index contributed by atoms with van der Waals surface area (Å²) in [7, 11) is 0. The van der Waals surface area contributed by atoms with Crippen molar-refractivity contribution in [1.29, 1.82) is 0 Å². The number of halogens is 2. The highest BCUT2D eigenvalue weighted by atomic mass is 35.5. The molecule has 0 radical (unpaired) electrons. The number of piperazine rings is 1. The minimum atomic E-state index is -0.539. The van der Waals surface area contributed by atoms with E-state index in [2.05, 4.69) is 5.32 Å². The Morgan fingerprint density at radius 1 is 1.35 bits per heavy atom. The van der Waals surface area contributed by atoms with E-state index in [1.54, 1.807) is 25.1 Å². The van der Waals surface area contributed by atoms with Gasteiger partial charge in [-0.15, -0.1) is 0 Å². The van der Waals surface area contributed by atoms with Crippen LogP contribution in [0.1, 0.15) is 6.92 Å². The summed E-state index contributed by atoms with van der Waals surface area (Å²) < 4.78 is 0. The molecule has 1 fully saturated rings. The van der Waals surface area contributed by atoms with Gasteiger partial charge in [0.1, 0.15) is 12.6 Å². The third-order valence-corrected chi connectivity index (χ3v) is 3.05. The van der Waals surface area contributed by atoms with E-state index in [9.17, 15) is 9.59 Å². The van der Waals surface area contributed by atoms with Crippen LogP contribution in [-0.4, -0.2) is 24.4 Å². The second kappa shape index (κ2) is 4.55. The number of carbonyl (C=O) groups excluding carboxylic acids is 2. The van der Waals surface area contributed by atoms with Gasteiger partial charge in [0.2, 0.25) is 11.8 Å². The molecule has 17 heavy (non-hydrogen) atoms. The summed E-state index contributed by atoms with van der Waals surface area (Å²) in [5.74, 6) is -0.392. The van der Waals surface area contributed by atoms with Crippen LogP contribution >= 0.6 is 23.2 Å². The van der Waals surface area contributed by atoms with Crippen LogP contribution < -0.4 is 10.2 Å². The van der Waals surface area contributed by atoms with E-state index in [-0.39, 0.29) is 18.4 Å². The summed E-state index contributed by atoms with van der Waals surface area (Å²) in [6, 6.07) is 4.27. The molecule has 1 heterocycles. The highest BCUT2D eigenvalue weighted by Crippen LogP contribution is 2.29. The van der Waals surface area contributed by atoms with Gasteiger partial charge in [-0.25, -0.2) is 0 Å². The van der Waals surface area contributed by atoms with Crippen molar-refractivity contribution in [3.63, 3.8) is 0 Å². The first-order valence-corrected chi connectivity index (χ1v) is 5.80. The van der Waals surface area contributed by atoms with Crippen molar-refractivity contribution < 1.29 is 9.59 Å². The van der Waals surface area contributed by atoms with Crippen LogP contribution in [0.4, 0.5) is 5.69 Å². The lowest BCUT2D eigenvalue weighted by atomic mass is 10.2. The smallest absolute Gasteiger partial charge is 0.249 e. The van der Waals surface area contributed by atoms with E-state index < -0.39 is 6.04 Å². The predicted octanol–water partition coefficient (Wildman–Crippen LogP) is 1.84. The van der Waals surface area contributed by atoms with Crippen LogP contribution in [0, 0.1) is 0 Å². The first-order valence-electron chi connectivity index (χ1n) is 5.05. The van der Waals surface area contributed by atoms with E-state index in [1.807, 2.05) is 0 Å². The molecule has 1 atom stereocenters. The quantitative estimate of drug-likeness (QED) is 0.848. The van der Waals surface area contributed by atoms with Gasteiger partial charge in [0, 0.05) is 5.02 Å². The van der Waals surface area contributed by atoms with E-state index in [0.29, 0.717) is 15.7 Å². The summed E-state index contributed by atoms with van der Waals surface area (Å²) in [6.45, 7) is 1.61. The SMILES string of the molecule is CC1NC(=O)CN(c2ccc(Cl)cc2Cl)C1=O. The second-order valence-corrected chi connectivity index (χ2v) is 4.65. The molecule has 1 aliphatic rings. The Bertz CT molecular complexity index is 490. The summed E-state index contributed by atoms with van der Waals surface area (Å²) in [6.07, 6.45) is 0. The van der Waals surface area contributed by atoms with E-state index in [0.717, 1.165) is 0 Å². The van der Waals surface area contributed by atoms with Crippen molar-refractivity contribution >= 4 is 40.7 Å². The lowest BCUT2D eigenvalue weighted by Gasteiger charge is -2.31. The Balaban J connectivity index is 2.38. The van der Waals surface area contributed by atoms with Crippen LogP contribution in [0.25, 0.3) is 0 Å². The Kier molecular flexibility index (Phi) is 3.26. The van der Waals surface area contributed by atoms with Crippen molar-refractivity contribution in [3.8, 4) is 0 Å². The van der Waals surface area contributed by atoms with Gasteiger partial charge in [0.15, 0.2) is 0 Å². The number of rotatable bonds is 1. The third kappa shape index (κ3) is 2.37. The topological polar surface area (TPSA) is 49.4 Å². The fourth-order valence-electron chi connectivity index (χ4n) is 1.71. The van der Waals surface area contributed by atoms with Crippen molar-refractivity contribution in [2.75, 3.05) is 11.4 Å². The summed E-state index contributed by atoms with van der Waals surface area (Å²) in [5.41, 5.74) is 0.503. The summed E-state index contributed by atoms with van der Waals surface area (Å²) >= 11 is 11.8. The van der Waals surface area contributed by atoms with E-state index >= 15 is 0 Å². The molecular weight excluding hydrogens is 263 g/mol. The van der Waals surface area contributed by atoms with Crippen LogP contribution in [0.3, 0.4) is 0 Å². The van der Waals surface area contributed by atoms with Gasteiger partial charge < -0.3 is 5.32 Å². The van der Waals surface area contributed by atoms with Gasteiger partial charge in [0.05, 0.1) is 10.7 Å². The van der Waals surface area contributed by atoms with Gasteiger partial charge in [0.25, 0.3) is 0 Å². The molecule has 1 aromatic rings. The fourth-order valence-corrected chi connectivity index (χ4v) is 2.22. The third-order valence-electron chi connectivity index (χ3n) is 2.52. The standard InChI is InChI=1S/C11H10Cl2N2O2/c1-6-11(17)15(5-10(16)14-6)9-3-2-7(12)4-8(9)13/h2-4,6H,5H2,1H3,(H,14,16). The number of benzene rings is 1. The normalized spacial score (nSPS) is 20.4. The lowest BCUT2D eigenvalue weighted by Crippen LogP contribution is -2.57. The van der Waals surface area contributed by atoms with Crippen LogP contribution in [0.5, 0.6) is 0 Å². The minimum absolute atomic E-state index is 0.0233. The molecule has 0 bridgehead atoms.